The van der Waals surface area contributed by atoms with Crippen molar-refractivity contribution in [3.05, 3.63) is 18.0 Å². The van der Waals surface area contributed by atoms with Gasteiger partial charge >= 0.3 is 0 Å². The summed E-state index contributed by atoms with van der Waals surface area (Å²) in [7, 11) is 0. The number of carbonyl (C=O) groups is 1. The summed E-state index contributed by atoms with van der Waals surface area (Å²) in [4.78, 5) is 11.5. The number of aromatic amines is 1. The van der Waals surface area contributed by atoms with Gasteiger partial charge in [0.25, 0.3) is 5.91 Å². The Labute approximate surface area is 101 Å². The number of halogens is 1. The summed E-state index contributed by atoms with van der Waals surface area (Å²) in [5.41, 5.74) is 0.527. The van der Waals surface area contributed by atoms with Crippen LogP contribution in [0.2, 0.25) is 0 Å². The number of nitrogens with one attached hydrogen (secondary N) is 3. The lowest BCUT2D eigenvalue weighted by molar-refractivity contribution is 0.0946. The average molecular weight is 245 g/mol. The summed E-state index contributed by atoms with van der Waals surface area (Å²) in [6, 6.07) is 1.67. The minimum Gasteiger partial charge on any atom is -0.351 e. The Kier molecular flexibility index (Phi) is 5.28. The maximum Gasteiger partial charge on any atom is 0.269 e. The zero-order chi connectivity index (χ0) is 10.5. The summed E-state index contributed by atoms with van der Waals surface area (Å²) in [5.74, 6) is 0.644. The molecule has 1 fully saturated rings. The summed E-state index contributed by atoms with van der Waals surface area (Å²) in [5, 5.41) is 12.6. The Hall–Kier alpha value is -1.07. The summed E-state index contributed by atoms with van der Waals surface area (Å²) in [6.45, 7) is 2.93. The average Bonchev–Trinajstić information content (AvgIpc) is 2.90. The molecule has 2 rings (SSSR count). The van der Waals surface area contributed by atoms with Gasteiger partial charge in [-0.05, 0) is 37.9 Å². The van der Waals surface area contributed by atoms with Crippen LogP contribution in [0.4, 0.5) is 0 Å². The van der Waals surface area contributed by atoms with E-state index in [2.05, 4.69) is 20.8 Å². The van der Waals surface area contributed by atoms with Gasteiger partial charge in [-0.3, -0.25) is 9.89 Å². The van der Waals surface area contributed by atoms with E-state index in [1.54, 1.807) is 12.3 Å². The lowest BCUT2D eigenvalue weighted by Gasteiger charge is -2.08. The number of H-pyrrole nitrogens is 1. The first kappa shape index (κ1) is 13.0. The quantitative estimate of drug-likeness (QED) is 0.725. The standard InChI is InChI=1S/C10H16N4O.ClH/c15-10(9-3-6-13-14-9)12-5-2-8-1-4-11-7-8;/h3,6,8,11H,1-2,4-5,7H2,(H,12,15)(H,13,14);1H. The molecule has 1 amide bonds. The van der Waals surface area contributed by atoms with Crippen LogP contribution in [-0.2, 0) is 0 Å². The van der Waals surface area contributed by atoms with Crippen LogP contribution >= 0.6 is 12.4 Å². The number of hydrogen-bond acceptors (Lipinski definition) is 3. The van der Waals surface area contributed by atoms with Crippen molar-refractivity contribution in [1.29, 1.82) is 0 Å². The smallest absolute Gasteiger partial charge is 0.269 e. The van der Waals surface area contributed by atoms with E-state index in [4.69, 9.17) is 0 Å². The van der Waals surface area contributed by atoms with E-state index in [9.17, 15) is 4.79 Å². The Bertz CT molecular complexity index is 309. The molecule has 1 aromatic rings. The zero-order valence-corrected chi connectivity index (χ0v) is 9.85. The largest absolute Gasteiger partial charge is 0.351 e. The highest BCUT2D eigenvalue weighted by Crippen LogP contribution is 2.10. The molecule has 16 heavy (non-hydrogen) atoms. The van der Waals surface area contributed by atoms with Crippen LogP contribution in [0.25, 0.3) is 0 Å². The fourth-order valence-electron chi connectivity index (χ4n) is 1.83. The topological polar surface area (TPSA) is 69.8 Å². The number of hydrogen-bond donors (Lipinski definition) is 3. The highest BCUT2D eigenvalue weighted by Gasteiger charge is 2.14. The third-order valence-corrected chi connectivity index (χ3v) is 2.75. The van der Waals surface area contributed by atoms with Gasteiger partial charge < -0.3 is 10.6 Å². The molecule has 2 heterocycles. The third kappa shape index (κ3) is 3.50. The number of nitrogens with zero attached hydrogens (tertiary/aromatic N) is 1. The van der Waals surface area contributed by atoms with Crippen LogP contribution in [0.5, 0.6) is 0 Å². The molecule has 3 N–H and O–H groups in total. The normalized spacial score (nSPS) is 19.1. The molecule has 1 aliphatic rings. The second-order valence-electron chi connectivity index (χ2n) is 3.87. The van der Waals surface area contributed by atoms with Gasteiger partial charge in [0.15, 0.2) is 0 Å². The molecule has 0 saturated carbocycles. The fraction of sp³-hybridized carbons (Fsp3) is 0.600. The van der Waals surface area contributed by atoms with Crippen molar-refractivity contribution in [3.8, 4) is 0 Å². The van der Waals surface area contributed by atoms with E-state index in [0.717, 1.165) is 26.1 Å². The van der Waals surface area contributed by atoms with E-state index in [1.807, 2.05) is 0 Å². The predicted octanol–water partition coefficient (Wildman–Crippen LogP) is 0.561. The van der Waals surface area contributed by atoms with Crippen LogP contribution < -0.4 is 10.6 Å². The SMILES string of the molecule is Cl.O=C(NCCC1CCNC1)c1ccn[nH]1. The molecular weight excluding hydrogens is 228 g/mol. The maximum absolute atomic E-state index is 11.5. The highest BCUT2D eigenvalue weighted by atomic mass is 35.5. The van der Waals surface area contributed by atoms with Crippen LogP contribution in [0, 0.1) is 5.92 Å². The molecule has 1 unspecified atom stereocenters. The predicted molar refractivity (Wildman–Crippen MR) is 63.8 cm³/mol. The second-order valence-corrected chi connectivity index (χ2v) is 3.87. The van der Waals surface area contributed by atoms with Crippen LogP contribution in [-0.4, -0.2) is 35.7 Å². The molecular formula is C10H17ClN4O. The molecule has 6 heteroatoms. The molecule has 5 nitrogen and oxygen atoms in total. The maximum atomic E-state index is 11.5. The fourth-order valence-corrected chi connectivity index (χ4v) is 1.83. The number of carbonyl (C=O) groups excluding carboxylic acids is 1. The number of amides is 1. The van der Waals surface area contributed by atoms with Gasteiger partial charge in [0, 0.05) is 12.7 Å². The molecule has 1 saturated heterocycles. The van der Waals surface area contributed by atoms with Crippen molar-refractivity contribution in [3.63, 3.8) is 0 Å². The van der Waals surface area contributed by atoms with E-state index in [1.165, 1.54) is 6.42 Å². The van der Waals surface area contributed by atoms with Crippen LogP contribution in [0.1, 0.15) is 23.3 Å². The van der Waals surface area contributed by atoms with Gasteiger partial charge in [-0.25, -0.2) is 0 Å². The number of rotatable bonds is 4. The van der Waals surface area contributed by atoms with Crippen molar-refractivity contribution in [2.24, 2.45) is 5.92 Å². The van der Waals surface area contributed by atoms with Crippen molar-refractivity contribution >= 4 is 18.3 Å². The summed E-state index contributed by atoms with van der Waals surface area (Å²) in [6.07, 6.45) is 3.85. The van der Waals surface area contributed by atoms with Crippen molar-refractivity contribution in [2.75, 3.05) is 19.6 Å². The van der Waals surface area contributed by atoms with Crippen molar-refractivity contribution in [2.45, 2.75) is 12.8 Å². The minimum atomic E-state index is -0.0709. The van der Waals surface area contributed by atoms with Gasteiger partial charge in [-0.1, -0.05) is 0 Å². The Balaban J connectivity index is 0.00000128. The van der Waals surface area contributed by atoms with Gasteiger partial charge in [0.2, 0.25) is 0 Å². The minimum absolute atomic E-state index is 0. The van der Waals surface area contributed by atoms with Gasteiger partial charge in [-0.15, -0.1) is 12.4 Å². The van der Waals surface area contributed by atoms with E-state index >= 15 is 0 Å². The molecule has 0 spiro atoms. The molecule has 90 valence electrons. The Morgan fingerprint density at radius 1 is 1.62 bits per heavy atom. The van der Waals surface area contributed by atoms with E-state index in [0.29, 0.717) is 11.6 Å². The molecule has 1 aromatic heterocycles. The van der Waals surface area contributed by atoms with Crippen molar-refractivity contribution < 1.29 is 4.79 Å². The Morgan fingerprint density at radius 3 is 3.12 bits per heavy atom. The van der Waals surface area contributed by atoms with Crippen molar-refractivity contribution in [1.82, 2.24) is 20.8 Å². The monoisotopic (exact) mass is 244 g/mol. The van der Waals surface area contributed by atoms with E-state index < -0.39 is 0 Å². The molecule has 1 atom stereocenters. The highest BCUT2D eigenvalue weighted by molar-refractivity contribution is 5.92. The first-order valence-electron chi connectivity index (χ1n) is 5.34. The molecule has 0 radical (unpaired) electrons. The molecule has 1 aliphatic heterocycles. The molecule has 0 aliphatic carbocycles. The zero-order valence-electron chi connectivity index (χ0n) is 9.03. The van der Waals surface area contributed by atoms with Gasteiger partial charge in [-0.2, -0.15) is 5.10 Å². The molecule has 0 aromatic carbocycles. The molecule has 0 bridgehead atoms. The second kappa shape index (κ2) is 6.50. The van der Waals surface area contributed by atoms with Gasteiger partial charge in [0.05, 0.1) is 0 Å². The Morgan fingerprint density at radius 2 is 2.50 bits per heavy atom. The first-order chi connectivity index (χ1) is 7.36. The van der Waals surface area contributed by atoms with Gasteiger partial charge in [0.1, 0.15) is 5.69 Å². The lowest BCUT2D eigenvalue weighted by Crippen LogP contribution is -2.26. The van der Waals surface area contributed by atoms with Crippen LogP contribution in [0.15, 0.2) is 12.3 Å². The van der Waals surface area contributed by atoms with E-state index in [-0.39, 0.29) is 18.3 Å². The lowest BCUT2D eigenvalue weighted by atomic mass is 10.1. The first-order valence-corrected chi connectivity index (χ1v) is 5.34. The third-order valence-electron chi connectivity index (χ3n) is 2.75. The summed E-state index contributed by atoms with van der Waals surface area (Å²) < 4.78 is 0. The summed E-state index contributed by atoms with van der Waals surface area (Å²) >= 11 is 0. The number of aromatic nitrogens is 2. The van der Waals surface area contributed by atoms with Crippen LogP contribution in [0.3, 0.4) is 0 Å².